The summed E-state index contributed by atoms with van der Waals surface area (Å²) in [4.78, 5) is 26.9. The Morgan fingerprint density at radius 1 is 0.361 bits per heavy atom. The summed E-state index contributed by atoms with van der Waals surface area (Å²) in [6.07, 6.45) is 29.7. The molecule has 0 aromatic carbocycles. The van der Waals surface area contributed by atoms with Crippen molar-refractivity contribution in [3.05, 3.63) is 189 Å². The minimum Gasteiger partial charge on any atom is -0.367 e. The van der Waals surface area contributed by atoms with E-state index in [4.69, 9.17) is 0 Å². The number of likely N-dealkylation sites (N-methyl/N-ethyl adjacent to an activating group) is 4. The zero-order valence-electron chi connectivity index (χ0n) is 47.7. The summed E-state index contributed by atoms with van der Waals surface area (Å²) < 4.78 is 0. The molecule has 12 rings (SSSR count). The Kier molecular flexibility index (Phi) is 20.0. The van der Waals surface area contributed by atoms with Crippen LogP contribution in [0.15, 0.2) is 167 Å². The summed E-state index contributed by atoms with van der Waals surface area (Å²) in [6, 6.07) is 14.6. The molecule has 0 saturated heterocycles. The lowest BCUT2D eigenvalue weighted by Gasteiger charge is -2.30. The molecule has 8 heteroatoms. The molecule has 72 heavy (non-hydrogen) atoms. The summed E-state index contributed by atoms with van der Waals surface area (Å²) in [6.45, 7) is 33.7. The van der Waals surface area contributed by atoms with Crippen LogP contribution in [-0.2, 0) is 0 Å². The van der Waals surface area contributed by atoms with Crippen LogP contribution in [-0.4, -0.2) is 72.3 Å². The van der Waals surface area contributed by atoms with Crippen LogP contribution in [0.5, 0.6) is 0 Å². The smallest absolute Gasteiger partial charge is 0.132 e. The Hall–Kier alpha value is -6.28. The Balaban J connectivity index is 0.000000170. The van der Waals surface area contributed by atoms with Crippen LogP contribution in [0.2, 0.25) is 0 Å². The number of fused-ring (bicyclic) bond motifs is 12. The summed E-state index contributed by atoms with van der Waals surface area (Å²) in [7, 11) is 8.66. The summed E-state index contributed by atoms with van der Waals surface area (Å²) in [5.74, 6) is 3.04. The van der Waals surface area contributed by atoms with Crippen molar-refractivity contribution in [2.75, 3.05) is 47.8 Å². The molecule has 0 saturated carbocycles. The molecular weight excluding hydrogens is 881 g/mol. The van der Waals surface area contributed by atoms with Gasteiger partial charge in [-0.15, -0.1) is 0 Å². The third kappa shape index (κ3) is 10.6. The van der Waals surface area contributed by atoms with Crippen molar-refractivity contribution in [2.24, 2.45) is 0 Å². The molecule has 0 bridgehead atoms. The molecule has 8 heterocycles. The summed E-state index contributed by atoms with van der Waals surface area (Å²) in [5.41, 5.74) is 20.7. The van der Waals surface area contributed by atoms with E-state index in [2.05, 4.69) is 196 Å². The minimum absolute atomic E-state index is 0.435. The second kappa shape index (κ2) is 25.4. The fourth-order valence-corrected chi connectivity index (χ4v) is 11.6. The Labute approximate surface area is 436 Å². The van der Waals surface area contributed by atoms with E-state index < -0.39 is 0 Å². The van der Waals surface area contributed by atoms with E-state index >= 15 is 0 Å². The van der Waals surface area contributed by atoms with E-state index in [1.807, 2.05) is 105 Å². The number of pyridine rings is 4. The van der Waals surface area contributed by atoms with Gasteiger partial charge < -0.3 is 19.6 Å². The number of nitrogens with zero attached hydrogens (tertiary/aromatic N) is 8. The monoisotopic (exact) mass is 969 g/mol. The first-order valence-corrected chi connectivity index (χ1v) is 26.9. The standard InChI is InChI=1S/4C14H16N2.4C2H6/c1-9-4-5-12-11-6-7-15-8-13(11)16(3)14(12)10(9)2;1-9-4-5-11-12-8-15-7-6-13(12)16(3)14(11)10(9)2;1-9-6-7-11-13-12(5-4-8-15-13)16(3)14(11)10(9)2;1-9-6-7-11-12-5-4-8-15-14(12)16(3)13(11)10(9)2;4*1-2/h4-8,12,14H,1-3H3;2*4-8,11,14H,1-3H3;4-8,11,13H,1-3H3;4*1-2H3. The Bertz CT molecular complexity index is 2370. The van der Waals surface area contributed by atoms with E-state index in [9.17, 15) is 0 Å². The van der Waals surface area contributed by atoms with Gasteiger partial charge in [0.05, 0.1) is 47.4 Å². The van der Waals surface area contributed by atoms with E-state index in [0.717, 1.165) is 5.82 Å². The lowest BCUT2D eigenvalue weighted by molar-refractivity contribution is 0.670. The second-order valence-corrected chi connectivity index (χ2v) is 18.9. The number of rotatable bonds is 0. The van der Waals surface area contributed by atoms with Crippen LogP contribution in [0.25, 0.3) is 0 Å². The molecule has 8 unspecified atom stereocenters. The molecule has 4 aliphatic heterocycles. The Morgan fingerprint density at radius 3 is 1.32 bits per heavy atom. The largest absolute Gasteiger partial charge is 0.367 e. The fourth-order valence-electron chi connectivity index (χ4n) is 11.6. The first-order chi connectivity index (χ1) is 34.8. The zero-order chi connectivity index (χ0) is 53.1. The minimum atomic E-state index is 0.435. The molecule has 384 valence electrons. The van der Waals surface area contributed by atoms with E-state index in [0.29, 0.717) is 47.8 Å². The van der Waals surface area contributed by atoms with Crippen molar-refractivity contribution in [1.29, 1.82) is 0 Å². The highest BCUT2D eigenvalue weighted by Gasteiger charge is 2.41. The maximum Gasteiger partial charge on any atom is 0.132 e. The van der Waals surface area contributed by atoms with Crippen molar-refractivity contribution in [3.63, 3.8) is 0 Å². The predicted octanol–water partition coefficient (Wildman–Crippen LogP) is 15.7. The molecule has 4 aromatic heterocycles. The van der Waals surface area contributed by atoms with Gasteiger partial charge in [-0.2, -0.15) is 0 Å². The van der Waals surface area contributed by atoms with Gasteiger partial charge in [-0.3, -0.25) is 15.0 Å². The molecule has 8 atom stereocenters. The van der Waals surface area contributed by atoms with Crippen LogP contribution < -0.4 is 19.6 Å². The first-order valence-electron chi connectivity index (χ1n) is 26.9. The van der Waals surface area contributed by atoms with Gasteiger partial charge >= 0.3 is 0 Å². The molecule has 8 nitrogen and oxygen atoms in total. The van der Waals surface area contributed by atoms with Crippen LogP contribution in [0.1, 0.15) is 157 Å². The van der Waals surface area contributed by atoms with Crippen LogP contribution in [0, 0.1) is 0 Å². The van der Waals surface area contributed by atoms with E-state index in [1.54, 1.807) is 0 Å². The van der Waals surface area contributed by atoms with Crippen molar-refractivity contribution in [2.45, 2.75) is 159 Å². The van der Waals surface area contributed by atoms with Gasteiger partial charge in [0.15, 0.2) is 0 Å². The number of anilines is 4. The van der Waals surface area contributed by atoms with Crippen molar-refractivity contribution in [3.8, 4) is 0 Å². The highest BCUT2D eigenvalue weighted by Crippen LogP contribution is 2.48. The Morgan fingerprint density at radius 2 is 0.764 bits per heavy atom. The molecule has 4 aliphatic carbocycles. The quantitative estimate of drug-likeness (QED) is 0.173. The number of allylic oxidation sites excluding steroid dienone is 8. The molecule has 0 spiro atoms. The highest BCUT2D eigenvalue weighted by molar-refractivity contribution is 5.68. The maximum absolute atomic E-state index is 4.54. The van der Waals surface area contributed by atoms with Crippen molar-refractivity contribution in [1.82, 2.24) is 19.9 Å². The topological polar surface area (TPSA) is 64.5 Å². The number of hydrogen-bond donors (Lipinski definition) is 0. The normalized spacial score (nSPS) is 24.4. The van der Waals surface area contributed by atoms with Gasteiger partial charge in [-0.05, 0) is 114 Å². The summed E-state index contributed by atoms with van der Waals surface area (Å²) >= 11 is 0. The van der Waals surface area contributed by atoms with Gasteiger partial charge in [0, 0.05) is 99.7 Å². The van der Waals surface area contributed by atoms with Gasteiger partial charge in [0.25, 0.3) is 0 Å². The van der Waals surface area contributed by atoms with Crippen molar-refractivity contribution >= 4 is 22.9 Å². The predicted molar refractivity (Wildman–Crippen MR) is 312 cm³/mol. The molecule has 0 radical (unpaired) electrons. The average Bonchev–Trinajstić information content (AvgIpc) is 4.10. The van der Waals surface area contributed by atoms with Gasteiger partial charge in [-0.25, -0.2) is 4.98 Å². The van der Waals surface area contributed by atoms with Crippen LogP contribution in [0.3, 0.4) is 0 Å². The second-order valence-electron chi connectivity index (χ2n) is 18.9. The molecule has 0 N–H and O–H groups in total. The highest BCUT2D eigenvalue weighted by atomic mass is 15.2. The van der Waals surface area contributed by atoms with Gasteiger partial charge in [0.2, 0.25) is 0 Å². The molecule has 0 amide bonds. The number of aromatic nitrogens is 4. The van der Waals surface area contributed by atoms with Crippen molar-refractivity contribution < 1.29 is 0 Å². The summed E-state index contributed by atoms with van der Waals surface area (Å²) in [5, 5.41) is 0. The first kappa shape index (κ1) is 56.6. The third-order valence-corrected chi connectivity index (χ3v) is 15.7. The third-order valence-electron chi connectivity index (χ3n) is 15.7. The van der Waals surface area contributed by atoms with Crippen LogP contribution in [0.4, 0.5) is 22.9 Å². The zero-order valence-corrected chi connectivity index (χ0v) is 47.7. The van der Waals surface area contributed by atoms with Gasteiger partial charge in [0.1, 0.15) is 5.82 Å². The number of hydrogen-bond acceptors (Lipinski definition) is 8. The van der Waals surface area contributed by atoms with E-state index in [1.165, 1.54) is 84.0 Å². The lowest BCUT2D eigenvalue weighted by atomic mass is 9.84. The molecule has 0 fully saturated rings. The van der Waals surface area contributed by atoms with E-state index in [-0.39, 0.29) is 0 Å². The van der Waals surface area contributed by atoms with Crippen LogP contribution >= 0.6 is 0 Å². The SMILES string of the molecule is CC.CC.CC.CC.CC1=C(C)C2C(C=C1)c1cccnc1N2C.CC1=C(C)C2C(C=C1)c1ccncc1N2C.CC1=C(C)C2C(C=C1)c1cnccc1N2C.CC1=C(C)C2C(C=C1)c1ncccc1N2C. The fraction of sp³-hybridized carbons (Fsp3) is 0.438. The lowest BCUT2D eigenvalue weighted by Crippen LogP contribution is -2.33. The van der Waals surface area contributed by atoms with Gasteiger partial charge in [-0.1, -0.05) is 132 Å². The average molecular weight is 969 g/mol. The maximum atomic E-state index is 4.54. The molecular formula is C64H88N8. The molecule has 4 aromatic rings. The molecule has 8 aliphatic rings.